The van der Waals surface area contributed by atoms with Crippen LogP contribution in [0.15, 0.2) is 42.5 Å². The summed E-state index contributed by atoms with van der Waals surface area (Å²) in [7, 11) is 0. The van der Waals surface area contributed by atoms with E-state index in [1.54, 1.807) is 30.3 Å². The summed E-state index contributed by atoms with van der Waals surface area (Å²) in [6, 6.07) is 12.9. The number of hydrogen-bond acceptors (Lipinski definition) is 2. The van der Waals surface area contributed by atoms with Crippen LogP contribution in [0.1, 0.15) is 11.1 Å². The van der Waals surface area contributed by atoms with Crippen molar-refractivity contribution in [1.29, 1.82) is 5.26 Å². The average Bonchev–Trinajstić information content (AvgIpc) is 2.39. The molecule has 0 spiro atoms. The second kappa shape index (κ2) is 5.52. The topological polar surface area (TPSA) is 33.0 Å². The fourth-order valence-electron chi connectivity index (χ4n) is 1.49. The first-order valence-corrected chi connectivity index (χ1v) is 5.79. The van der Waals surface area contributed by atoms with Gasteiger partial charge in [0.1, 0.15) is 23.4 Å². The molecule has 0 fully saturated rings. The first-order chi connectivity index (χ1) is 8.72. The van der Waals surface area contributed by atoms with E-state index < -0.39 is 0 Å². The molecule has 0 N–H and O–H groups in total. The summed E-state index contributed by atoms with van der Waals surface area (Å²) in [5.74, 6) is 0.681. The summed E-state index contributed by atoms with van der Waals surface area (Å²) in [5.41, 5.74) is 1.21. The molecule has 0 bridgehead atoms. The van der Waals surface area contributed by atoms with Gasteiger partial charge in [-0.15, -0.1) is 11.6 Å². The maximum Gasteiger partial charge on any atom is 0.145 e. The van der Waals surface area contributed by atoms with Crippen LogP contribution < -0.4 is 4.74 Å². The second-order valence-electron chi connectivity index (χ2n) is 3.64. The molecule has 2 aromatic carbocycles. The third-order valence-corrected chi connectivity index (χ3v) is 2.65. The number of ether oxygens (including phenoxy) is 1. The lowest BCUT2D eigenvalue weighted by molar-refractivity contribution is 0.475. The van der Waals surface area contributed by atoms with Gasteiger partial charge in [-0.2, -0.15) is 5.26 Å². The van der Waals surface area contributed by atoms with Crippen molar-refractivity contribution < 1.29 is 9.13 Å². The molecule has 2 rings (SSSR count). The highest BCUT2D eigenvalue weighted by Crippen LogP contribution is 2.26. The first kappa shape index (κ1) is 12.4. The average molecular weight is 262 g/mol. The van der Waals surface area contributed by atoms with E-state index in [4.69, 9.17) is 21.6 Å². The smallest absolute Gasteiger partial charge is 0.145 e. The monoisotopic (exact) mass is 261 g/mol. The Morgan fingerprint density at radius 1 is 1.22 bits per heavy atom. The van der Waals surface area contributed by atoms with Gasteiger partial charge in [-0.05, 0) is 29.8 Å². The molecule has 0 saturated heterocycles. The van der Waals surface area contributed by atoms with Gasteiger partial charge in [0.05, 0.1) is 5.56 Å². The second-order valence-corrected chi connectivity index (χ2v) is 3.90. The Balaban J connectivity index is 2.32. The molecule has 2 nitrogen and oxygen atoms in total. The van der Waals surface area contributed by atoms with Gasteiger partial charge in [-0.3, -0.25) is 0 Å². The zero-order valence-electron chi connectivity index (χ0n) is 9.36. The zero-order chi connectivity index (χ0) is 13.0. The number of hydrogen-bond donors (Lipinski definition) is 0. The Kier molecular flexibility index (Phi) is 3.81. The standard InChI is InChI=1S/C14H9ClFNO/c15-8-10-4-5-14(11(6-10)9-17)18-13-3-1-2-12(16)7-13/h1-7H,8H2. The van der Waals surface area contributed by atoms with Crippen LogP contribution >= 0.6 is 11.6 Å². The van der Waals surface area contributed by atoms with E-state index in [0.717, 1.165) is 5.56 Å². The molecule has 0 aliphatic rings. The molecule has 0 atom stereocenters. The summed E-state index contributed by atoms with van der Waals surface area (Å²) >= 11 is 5.69. The van der Waals surface area contributed by atoms with Crippen LogP contribution in [0, 0.1) is 17.1 Å². The maximum atomic E-state index is 13.0. The van der Waals surface area contributed by atoms with Crippen molar-refractivity contribution in [2.24, 2.45) is 0 Å². The lowest BCUT2D eigenvalue weighted by Gasteiger charge is -2.08. The van der Waals surface area contributed by atoms with Crippen molar-refractivity contribution in [3.05, 3.63) is 59.4 Å². The Morgan fingerprint density at radius 3 is 2.72 bits per heavy atom. The Morgan fingerprint density at radius 2 is 2.06 bits per heavy atom. The fourth-order valence-corrected chi connectivity index (χ4v) is 1.66. The Bertz CT molecular complexity index is 607. The molecule has 0 heterocycles. The highest BCUT2D eigenvalue weighted by atomic mass is 35.5. The molecular formula is C14H9ClFNO. The van der Waals surface area contributed by atoms with Gasteiger partial charge in [0.15, 0.2) is 0 Å². The molecule has 0 radical (unpaired) electrons. The minimum absolute atomic E-state index is 0.328. The number of nitrogens with zero attached hydrogens (tertiary/aromatic N) is 1. The van der Waals surface area contributed by atoms with E-state index in [0.29, 0.717) is 22.9 Å². The van der Waals surface area contributed by atoms with Crippen molar-refractivity contribution in [2.75, 3.05) is 0 Å². The molecule has 0 aliphatic carbocycles. The minimum Gasteiger partial charge on any atom is -0.456 e. The summed E-state index contributed by atoms with van der Waals surface area (Å²) < 4.78 is 18.5. The summed E-state index contributed by atoms with van der Waals surface area (Å²) in [6.07, 6.45) is 0. The Labute approximate surface area is 109 Å². The van der Waals surface area contributed by atoms with Gasteiger partial charge in [0.25, 0.3) is 0 Å². The number of rotatable bonds is 3. The van der Waals surface area contributed by atoms with Gasteiger partial charge < -0.3 is 4.74 Å². The van der Waals surface area contributed by atoms with Crippen molar-refractivity contribution in [2.45, 2.75) is 5.88 Å². The van der Waals surface area contributed by atoms with Crippen LogP contribution in [-0.4, -0.2) is 0 Å². The molecule has 0 amide bonds. The molecule has 0 unspecified atom stereocenters. The number of halogens is 2. The predicted molar refractivity (Wildman–Crippen MR) is 67.2 cm³/mol. The van der Waals surface area contributed by atoms with Crippen molar-refractivity contribution in [3.63, 3.8) is 0 Å². The summed E-state index contributed by atoms with van der Waals surface area (Å²) in [5, 5.41) is 9.02. The van der Waals surface area contributed by atoms with Gasteiger partial charge >= 0.3 is 0 Å². The maximum absolute atomic E-state index is 13.0. The minimum atomic E-state index is -0.386. The number of nitriles is 1. The van der Waals surface area contributed by atoms with Crippen molar-refractivity contribution in [3.8, 4) is 17.6 Å². The van der Waals surface area contributed by atoms with Crippen LogP contribution in [0.5, 0.6) is 11.5 Å². The van der Waals surface area contributed by atoms with E-state index in [-0.39, 0.29) is 5.82 Å². The number of benzene rings is 2. The van der Waals surface area contributed by atoms with Gasteiger partial charge in [0, 0.05) is 11.9 Å². The van der Waals surface area contributed by atoms with Crippen LogP contribution in [-0.2, 0) is 5.88 Å². The Hall–Kier alpha value is -2.05. The molecule has 90 valence electrons. The van der Waals surface area contributed by atoms with Gasteiger partial charge in [0.2, 0.25) is 0 Å². The first-order valence-electron chi connectivity index (χ1n) is 5.25. The van der Waals surface area contributed by atoms with Crippen molar-refractivity contribution in [1.82, 2.24) is 0 Å². The molecule has 4 heteroatoms. The van der Waals surface area contributed by atoms with Gasteiger partial charge in [-0.25, -0.2) is 4.39 Å². The van der Waals surface area contributed by atoms with Crippen molar-refractivity contribution >= 4 is 11.6 Å². The van der Waals surface area contributed by atoms with Crippen LogP contribution in [0.3, 0.4) is 0 Å². The highest BCUT2D eigenvalue weighted by Gasteiger charge is 2.06. The van der Waals surface area contributed by atoms with Gasteiger partial charge in [-0.1, -0.05) is 12.1 Å². The molecule has 0 aliphatic heterocycles. The quantitative estimate of drug-likeness (QED) is 0.775. The largest absolute Gasteiger partial charge is 0.456 e. The molecule has 2 aromatic rings. The molecule has 18 heavy (non-hydrogen) atoms. The van der Waals surface area contributed by atoms with E-state index >= 15 is 0 Å². The summed E-state index contributed by atoms with van der Waals surface area (Å²) in [6.45, 7) is 0. The van der Waals surface area contributed by atoms with Crippen LogP contribution in [0.4, 0.5) is 4.39 Å². The number of alkyl halides is 1. The molecular weight excluding hydrogens is 253 g/mol. The fraction of sp³-hybridized carbons (Fsp3) is 0.0714. The predicted octanol–water partition coefficient (Wildman–Crippen LogP) is 4.23. The van der Waals surface area contributed by atoms with E-state index in [9.17, 15) is 4.39 Å². The zero-order valence-corrected chi connectivity index (χ0v) is 10.1. The van der Waals surface area contributed by atoms with E-state index in [1.165, 1.54) is 12.1 Å². The SMILES string of the molecule is N#Cc1cc(CCl)ccc1Oc1cccc(F)c1. The van der Waals surface area contributed by atoms with E-state index in [2.05, 4.69) is 0 Å². The lowest BCUT2D eigenvalue weighted by atomic mass is 10.1. The third kappa shape index (κ3) is 2.79. The van der Waals surface area contributed by atoms with E-state index in [1.807, 2.05) is 6.07 Å². The summed E-state index contributed by atoms with van der Waals surface area (Å²) in [4.78, 5) is 0. The molecule has 0 saturated carbocycles. The lowest BCUT2D eigenvalue weighted by Crippen LogP contribution is -1.90. The normalized spacial score (nSPS) is 9.83. The molecule has 0 aromatic heterocycles. The third-order valence-electron chi connectivity index (χ3n) is 2.34. The van der Waals surface area contributed by atoms with Crippen LogP contribution in [0.2, 0.25) is 0 Å². The highest BCUT2D eigenvalue weighted by molar-refractivity contribution is 6.17. The van der Waals surface area contributed by atoms with Crippen LogP contribution in [0.25, 0.3) is 0 Å².